The number of carbonyl (C=O) groups excluding carboxylic acids is 1. The van der Waals surface area contributed by atoms with E-state index < -0.39 is 11.1 Å². The molecule has 0 aliphatic rings. The van der Waals surface area contributed by atoms with E-state index in [1.807, 2.05) is 0 Å². The highest BCUT2D eigenvalue weighted by Gasteiger charge is 2.36. The Labute approximate surface area is 94.8 Å². The van der Waals surface area contributed by atoms with Gasteiger partial charge in [0.25, 0.3) is 5.91 Å². The third kappa shape index (κ3) is 2.61. The normalized spacial score (nSPS) is 12.6. The minimum Gasteiger partial charge on any atom is -0.388 e. The smallest absolute Gasteiger partial charge is 0.273 e. The maximum Gasteiger partial charge on any atom is 0.273 e. The molecule has 1 aromatic heterocycles. The molecule has 0 aliphatic heterocycles. The molecule has 0 aromatic carbocycles. The minimum atomic E-state index is -1.03. The topological polar surface area (TPSA) is 75.4 Å². The van der Waals surface area contributed by atoms with Crippen molar-refractivity contribution in [2.45, 2.75) is 45.8 Å². The highest BCUT2D eigenvalue weighted by atomic mass is 16.5. The van der Waals surface area contributed by atoms with E-state index in [0.717, 1.165) is 0 Å². The van der Waals surface area contributed by atoms with Crippen molar-refractivity contribution < 1.29 is 14.4 Å². The molecule has 0 bridgehead atoms. The van der Waals surface area contributed by atoms with E-state index in [4.69, 9.17) is 4.52 Å². The van der Waals surface area contributed by atoms with Gasteiger partial charge in [-0.2, -0.15) is 0 Å². The zero-order valence-electron chi connectivity index (χ0n) is 10.3. The largest absolute Gasteiger partial charge is 0.388 e. The number of nitrogens with zero attached hydrogens (tertiary/aromatic N) is 1. The van der Waals surface area contributed by atoms with Gasteiger partial charge in [-0.15, -0.1) is 0 Å². The second-order valence-corrected chi connectivity index (χ2v) is 4.96. The van der Waals surface area contributed by atoms with Crippen molar-refractivity contribution in [3.8, 4) is 0 Å². The van der Waals surface area contributed by atoms with Crippen LogP contribution in [0.15, 0.2) is 10.6 Å². The Morgan fingerprint density at radius 1 is 1.44 bits per heavy atom. The average Bonchev–Trinajstić information content (AvgIpc) is 2.48. The van der Waals surface area contributed by atoms with E-state index in [1.165, 1.54) is 0 Å². The molecule has 0 radical (unpaired) electrons. The van der Waals surface area contributed by atoms with Crippen LogP contribution in [0.5, 0.6) is 0 Å². The number of nitrogens with one attached hydrogen (secondary N) is 1. The lowest BCUT2D eigenvalue weighted by atomic mass is 9.86. The van der Waals surface area contributed by atoms with E-state index in [1.54, 1.807) is 40.7 Å². The minimum absolute atomic E-state index is 0.217. The van der Waals surface area contributed by atoms with E-state index in [0.29, 0.717) is 5.76 Å². The lowest BCUT2D eigenvalue weighted by Crippen LogP contribution is -2.57. The van der Waals surface area contributed by atoms with Crippen LogP contribution in [0.4, 0.5) is 0 Å². The molecule has 5 nitrogen and oxygen atoms in total. The summed E-state index contributed by atoms with van der Waals surface area (Å²) >= 11 is 0. The SMILES string of the molecule is Cc1cc(C(=O)NC(C)(C)C(C)(C)O)no1. The van der Waals surface area contributed by atoms with Gasteiger partial charge in [-0.05, 0) is 34.6 Å². The molecule has 16 heavy (non-hydrogen) atoms. The van der Waals surface area contributed by atoms with Crippen LogP contribution in [0.3, 0.4) is 0 Å². The molecule has 0 fully saturated rings. The summed E-state index contributed by atoms with van der Waals surface area (Å²) < 4.78 is 4.81. The predicted octanol–water partition coefficient (Wildman–Crippen LogP) is 1.26. The highest BCUT2D eigenvalue weighted by Crippen LogP contribution is 2.21. The van der Waals surface area contributed by atoms with Crippen LogP contribution < -0.4 is 5.32 Å². The Hall–Kier alpha value is -1.36. The summed E-state index contributed by atoms with van der Waals surface area (Å²) in [7, 11) is 0. The van der Waals surface area contributed by atoms with Gasteiger partial charge < -0.3 is 14.9 Å². The number of aromatic nitrogens is 1. The van der Waals surface area contributed by atoms with Gasteiger partial charge in [-0.25, -0.2) is 0 Å². The summed E-state index contributed by atoms with van der Waals surface area (Å²) in [6, 6.07) is 1.55. The van der Waals surface area contributed by atoms with Crippen molar-refractivity contribution in [2.24, 2.45) is 0 Å². The molecule has 2 N–H and O–H groups in total. The summed E-state index contributed by atoms with van der Waals surface area (Å²) in [5.41, 5.74) is -1.56. The molecule has 1 rings (SSSR count). The maximum atomic E-state index is 11.8. The molecule has 0 saturated heterocycles. The third-order valence-corrected chi connectivity index (χ3v) is 2.82. The molecule has 0 atom stereocenters. The summed E-state index contributed by atoms with van der Waals surface area (Å²) in [6.07, 6.45) is 0. The van der Waals surface area contributed by atoms with E-state index in [9.17, 15) is 9.90 Å². The van der Waals surface area contributed by atoms with Crippen molar-refractivity contribution in [3.63, 3.8) is 0 Å². The molecule has 0 aliphatic carbocycles. The van der Waals surface area contributed by atoms with Crippen LogP contribution in [0.25, 0.3) is 0 Å². The van der Waals surface area contributed by atoms with E-state index >= 15 is 0 Å². The zero-order valence-corrected chi connectivity index (χ0v) is 10.3. The zero-order chi connectivity index (χ0) is 12.6. The van der Waals surface area contributed by atoms with Crippen LogP contribution >= 0.6 is 0 Å². The van der Waals surface area contributed by atoms with Crippen LogP contribution in [0, 0.1) is 6.92 Å². The maximum absolute atomic E-state index is 11.8. The first-order chi connectivity index (χ1) is 7.13. The molecule has 90 valence electrons. The number of aliphatic hydroxyl groups is 1. The Bertz CT molecular complexity index is 388. The third-order valence-electron chi connectivity index (χ3n) is 2.82. The Kier molecular flexibility index (Phi) is 3.10. The number of amides is 1. The van der Waals surface area contributed by atoms with Gasteiger partial charge in [0, 0.05) is 6.07 Å². The molecule has 0 saturated carbocycles. The van der Waals surface area contributed by atoms with Crippen LogP contribution in [-0.2, 0) is 0 Å². The standard InChI is InChI=1S/C11H18N2O3/c1-7-6-8(13-16-7)9(14)12-10(2,3)11(4,5)15/h6,15H,1-5H3,(H,12,14). The van der Waals surface area contributed by atoms with Crippen LogP contribution in [0.2, 0.25) is 0 Å². The predicted molar refractivity (Wildman–Crippen MR) is 59.1 cm³/mol. The van der Waals surface area contributed by atoms with E-state index in [2.05, 4.69) is 10.5 Å². The Morgan fingerprint density at radius 3 is 2.38 bits per heavy atom. The van der Waals surface area contributed by atoms with Crippen molar-refractivity contribution in [1.82, 2.24) is 10.5 Å². The first-order valence-corrected chi connectivity index (χ1v) is 5.12. The number of hydrogen-bond acceptors (Lipinski definition) is 4. The van der Waals surface area contributed by atoms with Gasteiger partial charge in [0.2, 0.25) is 0 Å². The highest BCUT2D eigenvalue weighted by molar-refractivity contribution is 5.92. The summed E-state index contributed by atoms with van der Waals surface area (Å²) in [5.74, 6) is 0.218. The van der Waals surface area contributed by atoms with Gasteiger partial charge >= 0.3 is 0 Å². The van der Waals surface area contributed by atoms with Crippen LogP contribution in [0.1, 0.15) is 43.9 Å². The van der Waals surface area contributed by atoms with Gasteiger partial charge in [-0.1, -0.05) is 5.16 Å². The molecule has 0 unspecified atom stereocenters. The lowest BCUT2D eigenvalue weighted by molar-refractivity contribution is -0.00308. The first kappa shape index (κ1) is 12.7. The van der Waals surface area contributed by atoms with Crippen LogP contribution in [-0.4, -0.2) is 27.3 Å². The lowest BCUT2D eigenvalue weighted by Gasteiger charge is -2.37. The monoisotopic (exact) mass is 226 g/mol. The molecule has 5 heteroatoms. The molecule has 1 aromatic rings. The first-order valence-electron chi connectivity index (χ1n) is 5.12. The molecular weight excluding hydrogens is 208 g/mol. The second kappa shape index (κ2) is 3.90. The summed E-state index contributed by atoms with van der Waals surface area (Å²) in [5, 5.41) is 16.2. The van der Waals surface area contributed by atoms with Crippen molar-refractivity contribution in [1.29, 1.82) is 0 Å². The number of aryl methyl sites for hydroxylation is 1. The van der Waals surface area contributed by atoms with Crippen molar-refractivity contribution in [3.05, 3.63) is 17.5 Å². The van der Waals surface area contributed by atoms with Gasteiger partial charge in [-0.3, -0.25) is 4.79 Å². The number of carbonyl (C=O) groups is 1. The summed E-state index contributed by atoms with van der Waals surface area (Å²) in [4.78, 5) is 11.8. The van der Waals surface area contributed by atoms with Crippen molar-refractivity contribution in [2.75, 3.05) is 0 Å². The quantitative estimate of drug-likeness (QED) is 0.813. The molecule has 1 heterocycles. The number of hydrogen-bond donors (Lipinski definition) is 2. The fourth-order valence-corrected chi connectivity index (χ4v) is 0.974. The summed E-state index contributed by atoms with van der Waals surface area (Å²) in [6.45, 7) is 8.49. The Balaban J connectivity index is 2.79. The molecule has 0 spiro atoms. The fraction of sp³-hybridized carbons (Fsp3) is 0.636. The van der Waals surface area contributed by atoms with E-state index in [-0.39, 0.29) is 11.6 Å². The van der Waals surface area contributed by atoms with Crippen molar-refractivity contribution >= 4 is 5.91 Å². The molecular formula is C11H18N2O3. The van der Waals surface area contributed by atoms with Gasteiger partial charge in [0.15, 0.2) is 5.69 Å². The number of rotatable bonds is 3. The van der Waals surface area contributed by atoms with Gasteiger partial charge in [0.1, 0.15) is 5.76 Å². The second-order valence-electron chi connectivity index (χ2n) is 4.96. The molecule has 1 amide bonds. The van der Waals surface area contributed by atoms with Gasteiger partial charge in [0.05, 0.1) is 11.1 Å². The Morgan fingerprint density at radius 2 is 2.00 bits per heavy atom. The average molecular weight is 226 g/mol. The fourth-order valence-electron chi connectivity index (χ4n) is 0.974.